The third-order valence-electron chi connectivity index (χ3n) is 3.77. The summed E-state index contributed by atoms with van der Waals surface area (Å²) < 4.78 is 5.30. The largest absolute Gasteiger partial charge is 0.457 e. The van der Waals surface area contributed by atoms with E-state index in [1.165, 1.54) is 0 Å². The van der Waals surface area contributed by atoms with Crippen molar-refractivity contribution in [3.8, 4) is 0 Å². The average Bonchev–Trinajstić information content (AvgIpc) is 2.68. The molecule has 1 amide bonds. The van der Waals surface area contributed by atoms with Crippen LogP contribution >= 0.6 is 23.2 Å². The summed E-state index contributed by atoms with van der Waals surface area (Å²) in [4.78, 5) is 24.5. The SMILES string of the molecule is O=C(Nc1cccc(C(=O)OCc2ccc(Cl)cc2Cl)c1)c1ccccc1. The second-order valence-corrected chi connectivity index (χ2v) is 6.56. The van der Waals surface area contributed by atoms with E-state index in [-0.39, 0.29) is 12.5 Å². The van der Waals surface area contributed by atoms with E-state index in [0.717, 1.165) is 0 Å². The van der Waals surface area contributed by atoms with E-state index in [1.807, 2.05) is 6.07 Å². The lowest BCUT2D eigenvalue weighted by molar-refractivity contribution is 0.0472. The normalized spacial score (nSPS) is 10.3. The maximum atomic E-state index is 12.3. The van der Waals surface area contributed by atoms with Gasteiger partial charge in [-0.1, -0.05) is 53.5 Å². The fraction of sp³-hybridized carbons (Fsp3) is 0.0476. The highest BCUT2D eigenvalue weighted by Gasteiger charge is 2.11. The fourth-order valence-corrected chi connectivity index (χ4v) is 2.85. The van der Waals surface area contributed by atoms with Gasteiger partial charge in [-0.15, -0.1) is 0 Å². The van der Waals surface area contributed by atoms with Crippen LogP contribution in [0.3, 0.4) is 0 Å². The Bertz CT molecular complexity index is 974. The van der Waals surface area contributed by atoms with Gasteiger partial charge in [0.25, 0.3) is 5.91 Å². The maximum absolute atomic E-state index is 12.3. The first-order valence-electron chi connectivity index (χ1n) is 8.10. The van der Waals surface area contributed by atoms with Gasteiger partial charge in [-0.2, -0.15) is 0 Å². The van der Waals surface area contributed by atoms with Crippen molar-refractivity contribution in [3.63, 3.8) is 0 Å². The van der Waals surface area contributed by atoms with Crippen LogP contribution in [0.2, 0.25) is 10.0 Å². The second kappa shape index (κ2) is 8.71. The van der Waals surface area contributed by atoms with Crippen LogP contribution in [0.5, 0.6) is 0 Å². The number of benzene rings is 3. The molecular weight excluding hydrogens is 385 g/mol. The number of amides is 1. The molecule has 0 aromatic heterocycles. The highest BCUT2D eigenvalue weighted by Crippen LogP contribution is 2.22. The van der Waals surface area contributed by atoms with Gasteiger partial charge in [0.15, 0.2) is 0 Å². The molecule has 0 atom stereocenters. The second-order valence-electron chi connectivity index (χ2n) is 5.71. The van der Waals surface area contributed by atoms with E-state index in [1.54, 1.807) is 66.7 Å². The molecule has 0 aliphatic rings. The van der Waals surface area contributed by atoms with E-state index in [0.29, 0.717) is 32.4 Å². The van der Waals surface area contributed by atoms with Crippen molar-refractivity contribution in [1.29, 1.82) is 0 Å². The van der Waals surface area contributed by atoms with Crippen molar-refractivity contribution < 1.29 is 14.3 Å². The number of halogens is 2. The van der Waals surface area contributed by atoms with Crippen molar-refractivity contribution >= 4 is 40.8 Å². The van der Waals surface area contributed by atoms with Gasteiger partial charge in [0.2, 0.25) is 0 Å². The summed E-state index contributed by atoms with van der Waals surface area (Å²) in [6.45, 7) is 0.0233. The van der Waals surface area contributed by atoms with Crippen LogP contribution in [0.1, 0.15) is 26.3 Å². The summed E-state index contributed by atoms with van der Waals surface area (Å²) >= 11 is 11.9. The van der Waals surface area contributed by atoms with E-state index < -0.39 is 5.97 Å². The van der Waals surface area contributed by atoms with Crippen LogP contribution in [0.15, 0.2) is 72.8 Å². The van der Waals surface area contributed by atoms with Crippen LogP contribution in [-0.4, -0.2) is 11.9 Å². The molecule has 0 saturated carbocycles. The molecule has 1 N–H and O–H groups in total. The van der Waals surface area contributed by atoms with E-state index in [9.17, 15) is 9.59 Å². The Morgan fingerprint density at radius 3 is 2.33 bits per heavy atom. The first-order valence-corrected chi connectivity index (χ1v) is 8.86. The molecule has 3 aromatic rings. The molecule has 0 aliphatic carbocycles. The minimum atomic E-state index is -0.517. The topological polar surface area (TPSA) is 55.4 Å². The van der Waals surface area contributed by atoms with Crippen molar-refractivity contribution in [2.45, 2.75) is 6.61 Å². The minimum absolute atomic E-state index is 0.0233. The predicted octanol–water partition coefficient (Wildman–Crippen LogP) is 5.60. The molecule has 0 radical (unpaired) electrons. The smallest absolute Gasteiger partial charge is 0.338 e. The van der Waals surface area contributed by atoms with Gasteiger partial charge in [0.05, 0.1) is 5.56 Å². The number of esters is 1. The van der Waals surface area contributed by atoms with Crippen LogP contribution in [0, 0.1) is 0 Å². The van der Waals surface area contributed by atoms with Gasteiger partial charge in [-0.3, -0.25) is 4.79 Å². The van der Waals surface area contributed by atoms with Crippen molar-refractivity contribution in [2.75, 3.05) is 5.32 Å². The van der Waals surface area contributed by atoms with Crippen molar-refractivity contribution in [2.24, 2.45) is 0 Å². The Kier molecular flexibility index (Phi) is 6.12. The zero-order valence-electron chi connectivity index (χ0n) is 14.1. The lowest BCUT2D eigenvalue weighted by atomic mass is 10.1. The van der Waals surface area contributed by atoms with Crippen molar-refractivity contribution in [3.05, 3.63) is 99.5 Å². The van der Waals surface area contributed by atoms with Crippen LogP contribution < -0.4 is 5.32 Å². The number of hydrogen-bond acceptors (Lipinski definition) is 3. The third kappa shape index (κ3) is 5.09. The first-order chi connectivity index (χ1) is 13.0. The lowest BCUT2D eigenvalue weighted by Crippen LogP contribution is -2.12. The van der Waals surface area contributed by atoms with Gasteiger partial charge in [-0.05, 0) is 42.5 Å². The van der Waals surface area contributed by atoms with E-state index in [2.05, 4.69) is 5.32 Å². The standard InChI is InChI=1S/C21H15Cl2NO3/c22-17-10-9-16(19(23)12-17)13-27-21(26)15-7-4-8-18(11-15)24-20(25)14-5-2-1-3-6-14/h1-12H,13H2,(H,24,25). The Balaban J connectivity index is 1.65. The third-order valence-corrected chi connectivity index (χ3v) is 4.35. The molecule has 3 aromatic carbocycles. The van der Waals surface area contributed by atoms with Crippen LogP contribution in [0.25, 0.3) is 0 Å². The molecule has 4 nitrogen and oxygen atoms in total. The number of anilines is 1. The zero-order chi connectivity index (χ0) is 19.2. The summed E-state index contributed by atoms with van der Waals surface area (Å²) in [6.07, 6.45) is 0. The molecule has 6 heteroatoms. The first kappa shape index (κ1) is 19.0. The number of nitrogens with one attached hydrogen (secondary N) is 1. The number of rotatable bonds is 5. The number of hydrogen-bond donors (Lipinski definition) is 1. The summed E-state index contributed by atoms with van der Waals surface area (Å²) in [5.41, 5.74) is 2.01. The molecule has 0 aliphatic heterocycles. The van der Waals surface area contributed by atoms with Gasteiger partial charge in [0.1, 0.15) is 6.61 Å². The summed E-state index contributed by atoms with van der Waals surface area (Å²) in [6, 6.07) is 20.3. The molecule has 0 fully saturated rings. The number of ether oxygens (including phenoxy) is 1. The maximum Gasteiger partial charge on any atom is 0.338 e. The number of carbonyl (C=O) groups is 2. The molecule has 0 bridgehead atoms. The highest BCUT2D eigenvalue weighted by atomic mass is 35.5. The molecular formula is C21H15Cl2NO3. The summed E-state index contributed by atoms with van der Waals surface area (Å²) in [7, 11) is 0. The molecule has 0 heterocycles. The van der Waals surface area contributed by atoms with Crippen LogP contribution in [0.4, 0.5) is 5.69 Å². The quantitative estimate of drug-likeness (QED) is 0.567. The molecule has 0 spiro atoms. The summed E-state index contributed by atoms with van der Waals surface area (Å²) in [5, 5.41) is 3.70. The molecule has 0 saturated heterocycles. The zero-order valence-corrected chi connectivity index (χ0v) is 15.6. The molecule has 0 unspecified atom stereocenters. The van der Waals surface area contributed by atoms with Crippen LogP contribution in [-0.2, 0) is 11.3 Å². The van der Waals surface area contributed by atoms with E-state index >= 15 is 0 Å². The lowest BCUT2D eigenvalue weighted by Gasteiger charge is -2.09. The minimum Gasteiger partial charge on any atom is -0.457 e. The van der Waals surface area contributed by atoms with Gasteiger partial charge >= 0.3 is 5.97 Å². The summed E-state index contributed by atoms with van der Waals surface area (Å²) in [5.74, 6) is -0.772. The number of carbonyl (C=O) groups excluding carboxylic acids is 2. The average molecular weight is 400 g/mol. The molecule has 27 heavy (non-hydrogen) atoms. The van der Waals surface area contributed by atoms with Gasteiger partial charge in [-0.25, -0.2) is 4.79 Å². The Labute approximate surface area is 166 Å². The molecule has 3 rings (SSSR count). The van der Waals surface area contributed by atoms with Gasteiger partial charge < -0.3 is 10.1 Å². The predicted molar refractivity (Wildman–Crippen MR) is 106 cm³/mol. The van der Waals surface area contributed by atoms with Gasteiger partial charge in [0, 0.05) is 26.9 Å². The Morgan fingerprint density at radius 1 is 0.852 bits per heavy atom. The Hall–Kier alpha value is -2.82. The fourth-order valence-electron chi connectivity index (χ4n) is 2.38. The van der Waals surface area contributed by atoms with E-state index in [4.69, 9.17) is 27.9 Å². The highest BCUT2D eigenvalue weighted by molar-refractivity contribution is 6.35. The Morgan fingerprint density at radius 2 is 1.59 bits per heavy atom. The monoisotopic (exact) mass is 399 g/mol. The molecule has 136 valence electrons. The van der Waals surface area contributed by atoms with Crippen molar-refractivity contribution in [1.82, 2.24) is 0 Å².